The summed E-state index contributed by atoms with van der Waals surface area (Å²) in [4.78, 5) is 15.7. The highest BCUT2D eigenvalue weighted by atomic mass is 32.1. The third kappa shape index (κ3) is 2.64. The number of thiazole rings is 1. The number of amides is 1. The van der Waals surface area contributed by atoms with Gasteiger partial charge in [-0.2, -0.15) is 0 Å². The van der Waals surface area contributed by atoms with Crippen LogP contribution in [0.5, 0.6) is 0 Å². The maximum atomic E-state index is 11.6. The number of nitrogens with one attached hydrogen (secondary N) is 2. The van der Waals surface area contributed by atoms with Crippen molar-refractivity contribution in [3.05, 3.63) is 16.6 Å². The fraction of sp³-hybridized carbons (Fsp3) is 0.667. The van der Waals surface area contributed by atoms with E-state index in [0.717, 1.165) is 43.5 Å². The number of carbonyl (C=O) groups is 1. The minimum Gasteiger partial charge on any atom is -0.443 e. The first-order valence-electron chi connectivity index (χ1n) is 6.32. The average molecular weight is 267 g/mol. The van der Waals surface area contributed by atoms with Crippen LogP contribution in [0.4, 0.5) is 4.79 Å². The van der Waals surface area contributed by atoms with Crippen LogP contribution >= 0.6 is 11.3 Å². The summed E-state index contributed by atoms with van der Waals surface area (Å²) < 4.78 is 5.15. The van der Waals surface area contributed by atoms with Crippen LogP contribution in [0.1, 0.15) is 18.5 Å². The number of hydrogen-bond donors (Lipinski definition) is 2. The minimum absolute atomic E-state index is 0.260. The normalized spacial score (nSPS) is 30.1. The number of nitrogens with zero attached hydrogens (tertiary/aromatic N) is 1. The van der Waals surface area contributed by atoms with E-state index in [9.17, 15) is 4.79 Å². The smallest absolute Gasteiger partial charge is 0.407 e. The molecule has 1 aliphatic heterocycles. The van der Waals surface area contributed by atoms with Gasteiger partial charge in [-0.15, -0.1) is 11.3 Å². The van der Waals surface area contributed by atoms with Crippen LogP contribution in [0.2, 0.25) is 0 Å². The Morgan fingerprint density at radius 3 is 2.94 bits per heavy atom. The Labute approximate surface area is 110 Å². The van der Waals surface area contributed by atoms with Crippen molar-refractivity contribution < 1.29 is 9.53 Å². The number of carbonyl (C=O) groups excluding carboxylic acids is 1. The van der Waals surface area contributed by atoms with E-state index in [4.69, 9.17) is 4.74 Å². The molecule has 2 fully saturated rings. The number of hydrogen-bond acceptors (Lipinski definition) is 5. The predicted molar refractivity (Wildman–Crippen MR) is 68.3 cm³/mol. The fourth-order valence-corrected chi connectivity index (χ4v) is 3.48. The van der Waals surface area contributed by atoms with E-state index in [1.54, 1.807) is 5.51 Å². The van der Waals surface area contributed by atoms with E-state index in [1.807, 2.05) is 5.38 Å². The van der Waals surface area contributed by atoms with Crippen LogP contribution in [-0.2, 0) is 11.3 Å². The molecule has 2 heterocycles. The monoisotopic (exact) mass is 267 g/mol. The molecular formula is C12H17N3O2S. The number of fused-ring (bicyclic) bond motifs is 1. The summed E-state index contributed by atoms with van der Waals surface area (Å²) in [5.74, 6) is 1.46. The van der Waals surface area contributed by atoms with Crippen molar-refractivity contribution in [3.8, 4) is 0 Å². The standard InChI is InChI=1S/C12H17N3O2S/c16-12(17-5-11-6-18-7-14-11)15-10-1-8-3-13-4-9(8)2-10/h6-10,13H,1-5H2,(H,15,16). The molecule has 2 atom stereocenters. The third-order valence-corrected chi connectivity index (χ3v) is 4.45. The molecule has 1 amide bonds. The molecule has 3 rings (SSSR count). The van der Waals surface area contributed by atoms with E-state index in [2.05, 4.69) is 15.6 Å². The number of rotatable bonds is 3. The maximum Gasteiger partial charge on any atom is 0.407 e. The van der Waals surface area contributed by atoms with Crippen LogP contribution in [0.3, 0.4) is 0 Å². The van der Waals surface area contributed by atoms with Crippen LogP contribution < -0.4 is 10.6 Å². The molecule has 1 aliphatic carbocycles. The number of ether oxygens (including phenoxy) is 1. The highest BCUT2D eigenvalue weighted by Gasteiger charge is 2.37. The zero-order chi connectivity index (χ0) is 12.4. The van der Waals surface area contributed by atoms with Crippen molar-refractivity contribution in [1.82, 2.24) is 15.6 Å². The summed E-state index contributed by atoms with van der Waals surface area (Å²) in [6, 6.07) is 0.282. The van der Waals surface area contributed by atoms with Crippen molar-refractivity contribution in [2.75, 3.05) is 13.1 Å². The summed E-state index contributed by atoms with van der Waals surface area (Å²) in [7, 11) is 0. The molecule has 5 nitrogen and oxygen atoms in total. The molecule has 2 N–H and O–H groups in total. The average Bonchev–Trinajstić information content (AvgIpc) is 3.01. The van der Waals surface area contributed by atoms with E-state index >= 15 is 0 Å². The van der Waals surface area contributed by atoms with Gasteiger partial charge in [0.15, 0.2) is 0 Å². The largest absolute Gasteiger partial charge is 0.443 e. The second-order valence-electron chi connectivity index (χ2n) is 5.05. The topological polar surface area (TPSA) is 63.2 Å². The molecule has 1 saturated carbocycles. The second-order valence-corrected chi connectivity index (χ2v) is 5.77. The van der Waals surface area contributed by atoms with Crippen LogP contribution in [0, 0.1) is 11.8 Å². The fourth-order valence-electron chi connectivity index (χ4n) is 2.94. The van der Waals surface area contributed by atoms with Gasteiger partial charge in [0.05, 0.1) is 11.2 Å². The van der Waals surface area contributed by atoms with Gasteiger partial charge in [0.1, 0.15) is 6.61 Å². The molecular weight excluding hydrogens is 250 g/mol. The van der Waals surface area contributed by atoms with Crippen LogP contribution in [-0.4, -0.2) is 30.2 Å². The molecule has 6 heteroatoms. The molecule has 2 unspecified atom stereocenters. The van der Waals surface area contributed by atoms with E-state index < -0.39 is 0 Å². The van der Waals surface area contributed by atoms with Gasteiger partial charge in [-0.05, 0) is 37.8 Å². The lowest BCUT2D eigenvalue weighted by Gasteiger charge is -2.13. The molecule has 1 aromatic heterocycles. The van der Waals surface area contributed by atoms with Crippen molar-refractivity contribution in [1.29, 1.82) is 0 Å². The quantitative estimate of drug-likeness (QED) is 0.868. The van der Waals surface area contributed by atoms with Crippen molar-refractivity contribution in [2.24, 2.45) is 11.8 Å². The van der Waals surface area contributed by atoms with Gasteiger partial charge in [0.25, 0.3) is 0 Å². The predicted octanol–water partition coefficient (Wildman–Crippen LogP) is 1.37. The zero-order valence-corrected chi connectivity index (χ0v) is 10.9. The molecule has 98 valence electrons. The van der Waals surface area contributed by atoms with Gasteiger partial charge in [0, 0.05) is 11.4 Å². The molecule has 0 aromatic carbocycles. The van der Waals surface area contributed by atoms with E-state index in [-0.39, 0.29) is 18.7 Å². The first-order valence-corrected chi connectivity index (χ1v) is 7.26. The molecule has 0 spiro atoms. The highest BCUT2D eigenvalue weighted by Crippen LogP contribution is 2.34. The Morgan fingerprint density at radius 2 is 2.28 bits per heavy atom. The Hall–Kier alpha value is -1.14. The SMILES string of the molecule is O=C(NC1CC2CNCC2C1)OCc1cscn1. The zero-order valence-electron chi connectivity index (χ0n) is 10.1. The molecule has 2 aliphatic rings. The van der Waals surface area contributed by atoms with Crippen LogP contribution in [0.15, 0.2) is 10.9 Å². The second kappa shape index (κ2) is 5.24. The van der Waals surface area contributed by atoms with Crippen molar-refractivity contribution >= 4 is 17.4 Å². The number of aromatic nitrogens is 1. The third-order valence-electron chi connectivity index (χ3n) is 3.81. The Kier molecular flexibility index (Phi) is 3.47. The summed E-state index contributed by atoms with van der Waals surface area (Å²) in [6.45, 7) is 2.45. The van der Waals surface area contributed by atoms with Crippen molar-refractivity contribution in [3.63, 3.8) is 0 Å². The van der Waals surface area contributed by atoms with E-state index in [0.29, 0.717) is 0 Å². The Bertz CT molecular complexity index is 397. The highest BCUT2D eigenvalue weighted by molar-refractivity contribution is 7.07. The maximum absolute atomic E-state index is 11.6. The van der Waals surface area contributed by atoms with Gasteiger partial charge in [0.2, 0.25) is 0 Å². The first-order chi connectivity index (χ1) is 8.81. The van der Waals surface area contributed by atoms with Gasteiger partial charge in [-0.1, -0.05) is 0 Å². The first kappa shape index (κ1) is 11.9. The van der Waals surface area contributed by atoms with Gasteiger partial charge in [-0.25, -0.2) is 9.78 Å². The van der Waals surface area contributed by atoms with Gasteiger partial charge >= 0.3 is 6.09 Å². The summed E-state index contributed by atoms with van der Waals surface area (Å²) in [6.07, 6.45) is 1.83. The molecule has 18 heavy (non-hydrogen) atoms. The van der Waals surface area contributed by atoms with E-state index in [1.165, 1.54) is 11.3 Å². The van der Waals surface area contributed by atoms with Crippen LogP contribution in [0.25, 0.3) is 0 Å². The lowest BCUT2D eigenvalue weighted by atomic mass is 10.0. The lowest BCUT2D eigenvalue weighted by Crippen LogP contribution is -2.34. The van der Waals surface area contributed by atoms with Gasteiger partial charge in [-0.3, -0.25) is 0 Å². The van der Waals surface area contributed by atoms with Gasteiger partial charge < -0.3 is 15.4 Å². The summed E-state index contributed by atoms with van der Waals surface area (Å²) >= 11 is 1.51. The summed E-state index contributed by atoms with van der Waals surface area (Å²) in [5.41, 5.74) is 2.55. The van der Waals surface area contributed by atoms with Crippen molar-refractivity contribution in [2.45, 2.75) is 25.5 Å². The minimum atomic E-state index is -0.319. The Balaban J connectivity index is 1.42. The lowest BCUT2D eigenvalue weighted by molar-refractivity contribution is 0.134. The number of alkyl carbamates (subject to hydrolysis) is 1. The summed E-state index contributed by atoms with van der Waals surface area (Å²) in [5, 5.41) is 8.24. The Morgan fingerprint density at radius 1 is 1.50 bits per heavy atom. The molecule has 1 saturated heterocycles. The molecule has 0 bridgehead atoms. The molecule has 1 aromatic rings. The molecule has 0 radical (unpaired) electrons.